The van der Waals surface area contributed by atoms with Gasteiger partial charge in [-0.3, -0.25) is 4.79 Å². The maximum atomic E-state index is 11.5. The molecule has 0 bridgehead atoms. The van der Waals surface area contributed by atoms with Gasteiger partial charge >= 0.3 is 0 Å². The Balaban J connectivity index is 0. The third-order valence-corrected chi connectivity index (χ3v) is 3.22. The number of likely N-dealkylation sites (N-methyl/N-ethyl adjacent to an activating group) is 1. The summed E-state index contributed by atoms with van der Waals surface area (Å²) in [5.74, 6) is 2.27. The lowest BCUT2D eigenvalue weighted by atomic mass is 10.2. The first-order chi connectivity index (χ1) is 6.50. The maximum absolute atomic E-state index is 11.5. The van der Waals surface area contributed by atoms with E-state index in [4.69, 9.17) is 5.73 Å². The minimum Gasteiger partial charge on any atom is -0.342 e. The van der Waals surface area contributed by atoms with Gasteiger partial charge in [0.2, 0.25) is 5.91 Å². The highest BCUT2D eigenvalue weighted by atomic mass is 35.5. The molecule has 2 atom stereocenters. The smallest absolute Gasteiger partial charge is 0.239 e. The molecule has 0 spiro atoms. The van der Waals surface area contributed by atoms with Crippen molar-refractivity contribution in [2.24, 2.45) is 5.73 Å². The van der Waals surface area contributed by atoms with E-state index in [-0.39, 0.29) is 30.4 Å². The fourth-order valence-corrected chi connectivity index (χ4v) is 1.93. The standard InChI is InChI=1S/C10H22N2OS.ClH/c1-5-14-7-6-8(2)12(4)10(13)9(3)11;/h8-9H,5-7,11H2,1-4H3;1H. The molecule has 1 amide bonds. The Morgan fingerprint density at radius 3 is 2.40 bits per heavy atom. The minimum atomic E-state index is -0.388. The number of hydrogen-bond donors (Lipinski definition) is 1. The van der Waals surface area contributed by atoms with Crippen LogP contribution in [0.15, 0.2) is 0 Å². The lowest BCUT2D eigenvalue weighted by Gasteiger charge is -2.26. The summed E-state index contributed by atoms with van der Waals surface area (Å²) in [6, 6.07) is -0.103. The Labute approximate surface area is 104 Å². The number of thioether (sulfide) groups is 1. The second-order valence-electron chi connectivity index (χ2n) is 3.57. The predicted octanol–water partition coefficient (Wildman–Crippen LogP) is 1.75. The molecule has 3 nitrogen and oxygen atoms in total. The van der Waals surface area contributed by atoms with Crippen LogP contribution in [0, 0.1) is 0 Å². The third-order valence-electron chi connectivity index (χ3n) is 2.28. The van der Waals surface area contributed by atoms with Gasteiger partial charge in [-0.2, -0.15) is 11.8 Å². The van der Waals surface area contributed by atoms with Gasteiger partial charge in [-0.1, -0.05) is 6.92 Å². The fourth-order valence-electron chi connectivity index (χ4n) is 1.13. The molecular formula is C10H23ClN2OS. The zero-order chi connectivity index (χ0) is 11.1. The second-order valence-corrected chi connectivity index (χ2v) is 4.97. The zero-order valence-electron chi connectivity index (χ0n) is 10.0. The number of amides is 1. The molecule has 0 fully saturated rings. The van der Waals surface area contributed by atoms with E-state index in [1.165, 1.54) is 0 Å². The van der Waals surface area contributed by atoms with Crippen molar-refractivity contribution in [3.05, 3.63) is 0 Å². The summed E-state index contributed by atoms with van der Waals surface area (Å²) in [5.41, 5.74) is 5.53. The normalized spacial score (nSPS) is 13.9. The molecule has 2 unspecified atom stereocenters. The summed E-state index contributed by atoms with van der Waals surface area (Å²) >= 11 is 1.90. The minimum absolute atomic E-state index is 0. The van der Waals surface area contributed by atoms with E-state index >= 15 is 0 Å². The van der Waals surface area contributed by atoms with Gasteiger partial charge in [-0.25, -0.2) is 0 Å². The van der Waals surface area contributed by atoms with E-state index in [2.05, 4.69) is 13.8 Å². The summed E-state index contributed by atoms with van der Waals surface area (Å²) in [4.78, 5) is 13.3. The fraction of sp³-hybridized carbons (Fsp3) is 0.900. The molecule has 0 aromatic heterocycles. The SMILES string of the molecule is CCSCCC(C)N(C)C(=O)C(C)N.Cl. The van der Waals surface area contributed by atoms with Crippen molar-refractivity contribution in [2.45, 2.75) is 39.3 Å². The first-order valence-corrected chi connectivity index (χ1v) is 6.26. The highest BCUT2D eigenvalue weighted by Gasteiger charge is 2.18. The van der Waals surface area contributed by atoms with Gasteiger partial charge in [0.15, 0.2) is 0 Å². The van der Waals surface area contributed by atoms with Crippen LogP contribution >= 0.6 is 24.2 Å². The first kappa shape index (κ1) is 17.5. The summed E-state index contributed by atoms with van der Waals surface area (Å²) in [7, 11) is 1.83. The molecule has 92 valence electrons. The van der Waals surface area contributed by atoms with E-state index in [0.29, 0.717) is 0 Å². The van der Waals surface area contributed by atoms with Gasteiger partial charge < -0.3 is 10.6 Å². The molecule has 0 aromatic carbocycles. The molecule has 0 aliphatic rings. The average molecular weight is 255 g/mol. The van der Waals surface area contributed by atoms with Crippen molar-refractivity contribution in [2.75, 3.05) is 18.6 Å². The van der Waals surface area contributed by atoms with Crippen LogP contribution in [0.4, 0.5) is 0 Å². The van der Waals surface area contributed by atoms with E-state index < -0.39 is 0 Å². The van der Waals surface area contributed by atoms with E-state index in [9.17, 15) is 4.79 Å². The summed E-state index contributed by atoms with van der Waals surface area (Å²) in [6.45, 7) is 5.94. The number of hydrogen-bond acceptors (Lipinski definition) is 3. The molecule has 5 heteroatoms. The summed E-state index contributed by atoms with van der Waals surface area (Å²) in [6.07, 6.45) is 1.04. The lowest BCUT2D eigenvalue weighted by molar-refractivity contribution is -0.132. The number of halogens is 1. The molecule has 15 heavy (non-hydrogen) atoms. The number of rotatable bonds is 6. The molecule has 0 aromatic rings. The molecule has 0 aliphatic carbocycles. The number of carbonyl (C=O) groups excluding carboxylic acids is 1. The second kappa shape index (κ2) is 9.31. The van der Waals surface area contributed by atoms with Crippen molar-refractivity contribution in [1.29, 1.82) is 0 Å². The number of nitrogens with zero attached hydrogens (tertiary/aromatic N) is 1. The van der Waals surface area contributed by atoms with E-state index in [1.807, 2.05) is 18.8 Å². The Hall–Kier alpha value is 0.0700. The van der Waals surface area contributed by atoms with Gasteiger partial charge in [-0.15, -0.1) is 12.4 Å². The van der Waals surface area contributed by atoms with Gasteiger partial charge in [0.25, 0.3) is 0 Å². The maximum Gasteiger partial charge on any atom is 0.239 e. The zero-order valence-corrected chi connectivity index (χ0v) is 11.7. The molecular weight excluding hydrogens is 232 g/mol. The summed E-state index contributed by atoms with van der Waals surface area (Å²) in [5, 5.41) is 0. The van der Waals surface area contributed by atoms with Crippen LogP contribution in [-0.2, 0) is 4.79 Å². The molecule has 0 saturated carbocycles. The molecule has 0 rings (SSSR count). The Morgan fingerprint density at radius 1 is 1.47 bits per heavy atom. The topological polar surface area (TPSA) is 46.3 Å². The van der Waals surface area contributed by atoms with Crippen molar-refractivity contribution in [3.8, 4) is 0 Å². The largest absolute Gasteiger partial charge is 0.342 e. The van der Waals surface area contributed by atoms with Crippen LogP contribution in [0.2, 0.25) is 0 Å². The van der Waals surface area contributed by atoms with Crippen LogP contribution in [0.1, 0.15) is 27.2 Å². The van der Waals surface area contributed by atoms with Gasteiger partial charge in [-0.05, 0) is 31.8 Å². The average Bonchev–Trinajstić information content (AvgIpc) is 2.15. The van der Waals surface area contributed by atoms with E-state index in [1.54, 1.807) is 11.8 Å². The van der Waals surface area contributed by atoms with Crippen LogP contribution in [0.5, 0.6) is 0 Å². The number of nitrogens with two attached hydrogens (primary N) is 1. The molecule has 2 N–H and O–H groups in total. The Bertz CT molecular complexity index is 179. The van der Waals surface area contributed by atoms with Crippen LogP contribution in [0.25, 0.3) is 0 Å². The third kappa shape index (κ3) is 7.03. The van der Waals surface area contributed by atoms with Gasteiger partial charge in [0.1, 0.15) is 0 Å². The Kier molecular flexibility index (Phi) is 10.8. The summed E-state index contributed by atoms with van der Waals surface area (Å²) < 4.78 is 0. The van der Waals surface area contributed by atoms with Crippen molar-refractivity contribution in [3.63, 3.8) is 0 Å². The molecule has 0 aliphatic heterocycles. The first-order valence-electron chi connectivity index (χ1n) is 5.10. The van der Waals surface area contributed by atoms with Crippen LogP contribution in [-0.4, -0.2) is 41.4 Å². The van der Waals surface area contributed by atoms with Gasteiger partial charge in [0.05, 0.1) is 6.04 Å². The molecule has 0 radical (unpaired) electrons. The molecule has 0 heterocycles. The van der Waals surface area contributed by atoms with Crippen molar-refractivity contribution >= 4 is 30.1 Å². The lowest BCUT2D eigenvalue weighted by Crippen LogP contribution is -2.44. The van der Waals surface area contributed by atoms with Crippen LogP contribution in [0.3, 0.4) is 0 Å². The van der Waals surface area contributed by atoms with Gasteiger partial charge in [0, 0.05) is 13.1 Å². The van der Waals surface area contributed by atoms with Crippen LogP contribution < -0.4 is 5.73 Å². The highest BCUT2D eigenvalue weighted by molar-refractivity contribution is 7.99. The number of carbonyl (C=O) groups is 1. The highest BCUT2D eigenvalue weighted by Crippen LogP contribution is 2.08. The van der Waals surface area contributed by atoms with Crippen molar-refractivity contribution < 1.29 is 4.79 Å². The quantitative estimate of drug-likeness (QED) is 0.735. The van der Waals surface area contributed by atoms with E-state index in [0.717, 1.165) is 17.9 Å². The van der Waals surface area contributed by atoms with Crippen molar-refractivity contribution in [1.82, 2.24) is 4.90 Å². The predicted molar refractivity (Wildman–Crippen MR) is 70.7 cm³/mol. The Morgan fingerprint density at radius 2 is 2.00 bits per heavy atom. The monoisotopic (exact) mass is 254 g/mol. The molecule has 0 saturated heterocycles.